The van der Waals surface area contributed by atoms with Gasteiger partial charge in [0.1, 0.15) is 17.3 Å². The Hall–Kier alpha value is -4.05. The average Bonchev–Trinajstić information content (AvgIpc) is 2.79. The third-order valence-corrected chi connectivity index (χ3v) is 4.97. The molecule has 176 valence electrons. The second kappa shape index (κ2) is 12.3. The predicted molar refractivity (Wildman–Crippen MR) is 134 cm³/mol. The number of ketones is 1. The first-order valence-electron chi connectivity index (χ1n) is 10.8. The van der Waals surface area contributed by atoms with Gasteiger partial charge in [-0.15, -0.1) is 6.42 Å². The molecule has 1 aromatic carbocycles. The molecule has 2 rings (SSSR count). The van der Waals surface area contributed by atoms with E-state index >= 15 is 0 Å². The number of nitrogens with zero attached hydrogens (tertiary/aromatic N) is 3. The van der Waals surface area contributed by atoms with Crippen LogP contribution in [0.2, 0.25) is 0 Å². The molecule has 0 unspecified atom stereocenters. The molecule has 6 nitrogen and oxygen atoms in total. The molecule has 1 heterocycles. The quantitative estimate of drug-likeness (QED) is 0.232. The Labute approximate surface area is 199 Å². The van der Waals surface area contributed by atoms with E-state index < -0.39 is 11.8 Å². The van der Waals surface area contributed by atoms with Crippen molar-refractivity contribution < 1.29 is 18.7 Å². The van der Waals surface area contributed by atoms with E-state index in [2.05, 4.69) is 22.5 Å². The molecule has 0 aromatic heterocycles. The normalized spacial score (nSPS) is 15.1. The zero-order valence-electron chi connectivity index (χ0n) is 19.9. The highest BCUT2D eigenvalue weighted by Crippen LogP contribution is 2.26. The minimum atomic E-state index is -0.570. The van der Waals surface area contributed by atoms with Gasteiger partial charge in [-0.25, -0.2) is 14.2 Å². The molecule has 0 radical (unpaired) electrons. The summed E-state index contributed by atoms with van der Waals surface area (Å²) in [5.74, 6) is 1.60. The van der Waals surface area contributed by atoms with Gasteiger partial charge >= 0.3 is 5.97 Å². The third kappa shape index (κ3) is 6.72. The maximum atomic E-state index is 14.9. The van der Waals surface area contributed by atoms with Crippen molar-refractivity contribution in [2.24, 2.45) is 9.98 Å². The van der Waals surface area contributed by atoms with Gasteiger partial charge in [0.2, 0.25) is 0 Å². The molecule has 1 aromatic rings. The van der Waals surface area contributed by atoms with Crippen LogP contribution in [0.25, 0.3) is 5.57 Å². The number of carbonyl (C=O) groups is 2. The number of hydrogen-bond acceptors (Lipinski definition) is 6. The highest BCUT2D eigenvalue weighted by molar-refractivity contribution is 6.44. The monoisotopic (exact) mass is 461 g/mol. The van der Waals surface area contributed by atoms with E-state index in [0.717, 1.165) is 5.70 Å². The first kappa shape index (κ1) is 26.2. The lowest BCUT2D eigenvalue weighted by molar-refractivity contribution is -0.137. The SMILES string of the molecule is C#C/C=C(\C=NCc1ccc(C(=C)/C=C2/N=C(C(C)=O)C=C(CC)N2C)c(F)c1)C(=O)OCC. The molecule has 1 aliphatic rings. The minimum absolute atomic E-state index is 0.143. The van der Waals surface area contributed by atoms with Crippen LogP contribution in [0.15, 0.2) is 70.1 Å². The summed E-state index contributed by atoms with van der Waals surface area (Å²) >= 11 is 0. The summed E-state index contributed by atoms with van der Waals surface area (Å²) in [7, 11) is 1.84. The van der Waals surface area contributed by atoms with E-state index in [-0.39, 0.29) is 24.5 Å². The minimum Gasteiger partial charge on any atom is -0.462 e. The Morgan fingerprint density at radius 1 is 1.35 bits per heavy atom. The second-order valence-corrected chi connectivity index (χ2v) is 7.40. The van der Waals surface area contributed by atoms with Gasteiger partial charge in [-0.05, 0) is 42.7 Å². The molecule has 0 aliphatic carbocycles. The summed E-state index contributed by atoms with van der Waals surface area (Å²) in [5, 5.41) is 0. The average molecular weight is 462 g/mol. The number of carbonyl (C=O) groups excluding carboxylic acids is 2. The fraction of sp³-hybridized carbons (Fsp3) is 0.259. The number of terminal acetylenes is 1. The van der Waals surface area contributed by atoms with Crippen LogP contribution in [-0.4, -0.2) is 42.2 Å². The van der Waals surface area contributed by atoms with Crippen LogP contribution in [0, 0.1) is 18.2 Å². The number of hydrogen-bond donors (Lipinski definition) is 0. The lowest BCUT2D eigenvalue weighted by atomic mass is 10.0. The molecular formula is C27H28FN3O3. The molecule has 1 aliphatic heterocycles. The van der Waals surface area contributed by atoms with Gasteiger partial charge in [0, 0.05) is 37.5 Å². The van der Waals surface area contributed by atoms with Crippen LogP contribution in [0.5, 0.6) is 0 Å². The number of aliphatic imine (C=N–C) groups is 2. The largest absolute Gasteiger partial charge is 0.462 e. The molecule has 0 N–H and O–H groups in total. The molecule has 0 bridgehead atoms. The van der Waals surface area contributed by atoms with Crippen molar-refractivity contribution in [1.82, 2.24) is 4.90 Å². The molecule has 0 fully saturated rings. The van der Waals surface area contributed by atoms with Crippen molar-refractivity contribution in [2.45, 2.75) is 33.7 Å². The van der Waals surface area contributed by atoms with Gasteiger partial charge in [-0.2, -0.15) is 0 Å². The first-order chi connectivity index (χ1) is 16.2. The highest BCUT2D eigenvalue weighted by Gasteiger charge is 2.18. The van der Waals surface area contributed by atoms with Crippen LogP contribution in [0.3, 0.4) is 0 Å². The molecule has 7 heteroatoms. The number of ether oxygens (including phenoxy) is 1. The lowest BCUT2D eigenvalue weighted by Gasteiger charge is -2.26. The predicted octanol–water partition coefficient (Wildman–Crippen LogP) is 4.64. The molecule has 0 saturated heterocycles. The smallest absolute Gasteiger partial charge is 0.340 e. The van der Waals surface area contributed by atoms with E-state index in [9.17, 15) is 14.0 Å². The number of allylic oxidation sites excluding steroid dienone is 5. The Morgan fingerprint density at radius 2 is 2.09 bits per heavy atom. The van der Waals surface area contributed by atoms with Crippen LogP contribution in [0.1, 0.15) is 38.3 Å². The van der Waals surface area contributed by atoms with Crippen molar-refractivity contribution >= 4 is 29.3 Å². The second-order valence-electron chi connectivity index (χ2n) is 7.40. The van der Waals surface area contributed by atoms with Crippen molar-refractivity contribution in [3.05, 3.63) is 77.0 Å². The van der Waals surface area contributed by atoms with Crippen LogP contribution >= 0.6 is 0 Å². The number of benzene rings is 1. The number of esters is 1. The molecule has 0 spiro atoms. The zero-order valence-corrected chi connectivity index (χ0v) is 19.9. The van der Waals surface area contributed by atoms with E-state index in [0.29, 0.717) is 34.7 Å². The molecule has 0 atom stereocenters. The van der Waals surface area contributed by atoms with Gasteiger partial charge in [-0.1, -0.05) is 31.6 Å². The van der Waals surface area contributed by atoms with E-state index in [4.69, 9.17) is 11.2 Å². The fourth-order valence-corrected chi connectivity index (χ4v) is 3.13. The Morgan fingerprint density at radius 3 is 2.68 bits per heavy atom. The van der Waals surface area contributed by atoms with E-state index in [1.807, 2.05) is 18.9 Å². The summed E-state index contributed by atoms with van der Waals surface area (Å²) in [4.78, 5) is 34.1. The highest BCUT2D eigenvalue weighted by atomic mass is 19.1. The maximum absolute atomic E-state index is 14.9. The Balaban J connectivity index is 2.22. The third-order valence-electron chi connectivity index (χ3n) is 4.97. The van der Waals surface area contributed by atoms with Crippen LogP contribution < -0.4 is 0 Å². The summed E-state index contributed by atoms with van der Waals surface area (Å²) < 4.78 is 19.8. The van der Waals surface area contributed by atoms with Crippen molar-refractivity contribution in [3.8, 4) is 12.3 Å². The number of Topliss-reactive ketones (excluding diaryl/α,β-unsaturated/α-hetero) is 1. The van der Waals surface area contributed by atoms with Gasteiger partial charge < -0.3 is 9.64 Å². The van der Waals surface area contributed by atoms with E-state index in [1.54, 1.807) is 31.2 Å². The van der Waals surface area contributed by atoms with Crippen molar-refractivity contribution in [3.63, 3.8) is 0 Å². The zero-order chi connectivity index (χ0) is 25.3. The number of rotatable bonds is 9. The van der Waals surface area contributed by atoms with Gasteiger partial charge in [0.25, 0.3) is 0 Å². The summed E-state index contributed by atoms with van der Waals surface area (Å²) in [5.41, 5.74) is 2.74. The summed E-state index contributed by atoms with van der Waals surface area (Å²) in [6.07, 6.45) is 11.9. The van der Waals surface area contributed by atoms with Gasteiger partial charge in [0.05, 0.1) is 18.7 Å². The summed E-state index contributed by atoms with van der Waals surface area (Å²) in [6, 6.07) is 4.69. The van der Waals surface area contributed by atoms with Crippen molar-refractivity contribution in [1.29, 1.82) is 0 Å². The molecule has 34 heavy (non-hydrogen) atoms. The van der Waals surface area contributed by atoms with E-state index in [1.165, 1.54) is 25.3 Å². The van der Waals surface area contributed by atoms with Crippen LogP contribution in [-0.2, 0) is 20.9 Å². The van der Waals surface area contributed by atoms with Gasteiger partial charge in [-0.3, -0.25) is 9.79 Å². The standard InChI is InChI=1S/C27H28FN3O3/c1-7-10-21(27(33)34-9-3)17-29-16-20-11-12-23(24(28)14-20)18(4)13-26-30-25(19(5)32)15-22(8-2)31(26)6/h1,10-15,17H,4,8-9,16H2,2-3,5-6H3/b21-10+,26-13-,29-17?. The maximum Gasteiger partial charge on any atom is 0.340 e. The lowest BCUT2D eigenvalue weighted by Crippen LogP contribution is -2.24. The topological polar surface area (TPSA) is 71.3 Å². The van der Waals surface area contributed by atoms with Gasteiger partial charge in [0.15, 0.2) is 5.78 Å². The van der Waals surface area contributed by atoms with Crippen molar-refractivity contribution in [2.75, 3.05) is 13.7 Å². The Kier molecular flexibility index (Phi) is 9.45. The van der Waals surface area contributed by atoms with Crippen LogP contribution in [0.4, 0.5) is 4.39 Å². The molecule has 0 saturated carbocycles. The first-order valence-corrected chi connectivity index (χ1v) is 10.8. The summed E-state index contributed by atoms with van der Waals surface area (Å²) in [6.45, 7) is 9.48. The molecular weight excluding hydrogens is 433 g/mol. The fourth-order valence-electron chi connectivity index (χ4n) is 3.13. The Bertz CT molecular complexity index is 1180. The molecule has 0 amide bonds. The number of halogens is 1.